The van der Waals surface area contributed by atoms with Gasteiger partial charge in [0.2, 0.25) is 0 Å². The summed E-state index contributed by atoms with van der Waals surface area (Å²) in [4.78, 5) is 26.0. The van der Waals surface area contributed by atoms with Gasteiger partial charge in [0.1, 0.15) is 5.52 Å². The number of hydrogen-bond donors (Lipinski definition) is 1. The van der Waals surface area contributed by atoms with Crippen molar-refractivity contribution in [3.8, 4) is 0 Å². The fourth-order valence-electron chi connectivity index (χ4n) is 2.12. The standard InChI is InChI=1S/C13H15N3O2.C2HF3O2/c1-3-15(4-2)12-8-7-11(16(17)18)10-6-5-9-14-13(10)12;3-2(4,5)1(6)7/h5-9H,3-4H2,1-2H3;(H,6,7). The number of aliphatic carboxylic acids is 1. The molecule has 0 bridgehead atoms. The predicted octanol–water partition coefficient (Wildman–Crippen LogP) is 3.62. The molecule has 0 fully saturated rings. The summed E-state index contributed by atoms with van der Waals surface area (Å²) in [5, 5.41) is 18.7. The molecular formula is C15H16F3N3O4. The van der Waals surface area contributed by atoms with Gasteiger partial charge in [-0.05, 0) is 32.0 Å². The van der Waals surface area contributed by atoms with Gasteiger partial charge < -0.3 is 10.0 Å². The van der Waals surface area contributed by atoms with Gasteiger partial charge >= 0.3 is 12.1 Å². The number of carboxylic acid groups (broad SMARTS) is 1. The number of pyridine rings is 1. The van der Waals surface area contributed by atoms with Crippen LogP contribution in [-0.2, 0) is 4.79 Å². The van der Waals surface area contributed by atoms with Crippen molar-refractivity contribution in [2.45, 2.75) is 20.0 Å². The number of alkyl halides is 3. The smallest absolute Gasteiger partial charge is 0.475 e. The van der Waals surface area contributed by atoms with Gasteiger partial charge in [-0.15, -0.1) is 0 Å². The van der Waals surface area contributed by atoms with Crippen molar-refractivity contribution in [2.24, 2.45) is 0 Å². The largest absolute Gasteiger partial charge is 0.490 e. The number of halogens is 3. The molecule has 10 heteroatoms. The minimum atomic E-state index is -5.08. The summed E-state index contributed by atoms with van der Waals surface area (Å²) in [6.07, 6.45) is -3.42. The first-order chi connectivity index (χ1) is 11.6. The van der Waals surface area contributed by atoms with E-state index in [-0.39, 0.29) is 10.6 Å². The van der Waals surface area contributed by atoms with E-state index < -0.39 is 12.1 Å². The van der Waals surface area contributed by atoms with Gasteiger partial charge in [-0.1, -0.05) is 0 Å². The van der Waals surface area contributed by atoms with Crippen LogP contribution < -0.4 is 4.90 Å². The van der Waals surface area contributed by atoms with Crippen LogP contribution in [-0.4, -0.2) is 40.2 Å². The number of benzene rings is 1. The van der Waals surface area contributed by atoms with E-state index in [0.717, 1.165) is 18.8 Å². The lowest BCUT2D eigenvalue weighted by molar-refractivity contribution is -0.383. The Labute approximate surface area is 140 Å². The Kier molecular flexibility index (Phi) is 6.66. The maximum absolute atomic E-state index is 11.0. The summed E-state index contributed by atoms with van der Waals surface area (Å²) in [6.45, 7) is 5.80. The Balaban J connectivity index is 0.000000381. The number of nitro groups is 1. The zero-order chi connectivity index (χ0) is 19.2. The van der Waals surface area contributed by atoms with E-state index in [9.17, 15) is 23.3 Å². The average Bonchev–Trinajstić information content (AvgIpc) is 2.55. The Morgan fingerprint density at radius 2 is 1.84 bits per heavy atom. The highest BCUT2D eigenvalue weighted by atomic mass is 19.4. The van der Waals surface area contributed by atoms with E-state index in [0.29, 0.717) is 10.9 Å². The molecule has 1 aromatic heterocycles. The van der Waals surface area contributed by atoms with Gasteiger partial charge in [0.25, 0.3) is 5.69 Å². The zero-order valence-electron chi connectivity index (χ0n) is 13.4. The van der Waals surface area contributed by atoms with Crippen LogP contribution in [0.15, 0.2) is 30.5 Å². The number of non-ortho nitro benzene ring substituents is 1. The highest BCUT2D eigenvalue weighted by Crippen LogP contribution is 2.31. The number of fused-ring (bicyclic) bond motifs is 1. The van der Waals surface area contributed by atoms with Crippen molar-refractivity contribution >= 4 is 28.2 Å². The normalized spacial score (nSPS) is 10.8. The molecule has 7 nitrogen and oxygen atoms in total. The minimum Gasteiger partial charge on any atom is -0.475 e. The van der Waals surface area contributed by atoms with Gasteiger partial charge in [-0.25, -0.2) is 4.79 Å². The summed E-state index contributed by atoms with van der Waals surface area (Å²) in [7, 11) is 0. The molecule has 0 amide bonds. The summed E-state index contributed by atoms with van der Waals surface area (Å²) >= 11 is 0. The van der Waals surface area contributed by atoms with Crippen LogP contribution >= 0.6 is 0 Å². The third-order valence-electron chi connectivity index (χ3n) is 3.27. The fourth-order valence-corrected chi connectivity index (χ4v) is 2.12. The number of hydrogen-bond acceptors (Lipinski definition) is 5. The Morgan fingerprint density at radius 1 is 1.28 bits per heavy atom. The molecule has 0 aliphatic rings. The molecule has 1 N–H and O–H groups in total. The predicted molar refractivity (Wildman–Crippen MR) is 85.6 cm³/mol. The summed E-state index contributed by atoms with van der Waals surface area (Å²) in [5.41, 5.74) is 1.74. The average molecular weight is 359 g/mol. The van der Waals surface area contributed by atoms with Crippen LogP contribution in [0.1, 0.15) is 13.8 Å². The molecule has 1 heterocycles. The highest BCUT2D eigenvalue weighted by Gasteiger charge is 2.38. The number of carboxylic acids is 1. The van der Waals surface area contributed by atoms with Crippen molar-refractivity contribution in [1.29, 1.82) is 0 Å². The quantitative estimate of drug-likeness (QED) is 0.661. The highest BCUT2D eigenvalue weighted by molar-refractivity contribution is 5.97. The van der Waals surface area contributed by atoms with E-state index in [1.54, 1.807) is 30.5 Å². The van der Waals surface area contributed by atoms with E-state index in [1.807, 2.05) is 0 Å². The van der Waals surface area contributed by atoms with Crippen molar-refractivity contribution in [3.63, 3.8) is 0 Å². The van der Waals surface area contributed by atoms with E-state index >= 15 is 0 Å². The van der Waals surface area contributed by atoms with Gasteiger partial charge in [0.05, 0.1) is 16.0 Å². The second-order valence-corrected chi connectivity index (χ2v) is 4.74. The number of nitro benzene ring substituents is 1. The maximum atomic E-state index is 11.0. The van der Waals surface area contributed by atoms with Crippen LogP contribution in [0, 0.1) is 10.1 Å². The Morgan fingerprint density at radius 3 is 2.28 bits per heavy atom. The SMILES string of the molecule is CCN(CC)c1ccc([N+](=O)[O-])c2cccnc12.O=C(O)C(F)(F)F. The van der Waals surface area contributed by atoms with Crippen molar-refractivity contribution < 1.29 is 28.0 Å². The molecule has 0 aliphatic carbocycles. The van der Waals surface area contributed by atoms with Crippen LogP contribution in [0.3, 0.4) is 0 Å². The lowest BCUT2D eigenvalue weighted by Gasteiger charge is -2.22. The van der Waals surface area contributed by atoms with Crippen molar-refractivity contribution in [2.75, 3.05) is 18.0 Å². The molecule has 2 aromatic rings. The molecule has 136 valence electrons. The van der Waals surface area contributed by atoms with E-state index in [4.69, 9.17) is 9.90 Å². The van der Waals surface area contributed by atoms with Gasteiger partial charge in [-0.3, -0.25) is 15.1 Å². The van der Waals surface area contributed by atoms with Crippen molar-refractivity contribution in [3.05, 3.63) is 40.6 Å². The number of rotatable bonds is 4. The topological polar surface area (TPSA) is 96.6 Å². The van der Waals surface area contributed by atoms with Gasteiger partial charge in [0, 0.05) is 25.4 Å². The molecule has 2 rings (SSSR count). The molecular weight excluding hydrogens is 343 g/mol. The molecule has 0 spiro atoms. The summed E-state index contributed by atoms with van der Waals surface area (Å²) in [5.74, 6) is -2.76. The fraction of sp³-hybridized carbons (Fsp3) is 0.333. The first kappa shape index (κ1) is 20.1. The van der Waals surface area contributed by atoms with E-state index in [2.05, 4.69) is 23.7 Å². The summed E-state index contributed by atoms with van der Waals surface area (Å²) < 4.78 is 31.7. The van der Waals surface area contributed by atoms with Crippen LogP contribution in [0.5, 0.6) is 0 Å². The number of nitrogens with zero attached hydrogens (tertiary/aromatic N) is 3. The number of anilines is 1. The van der Waals surface area contributed by atoms with Crippen LogP contribution in [0.25, 0.3) is 10.9 Å². The molecule has 25 heavy (non-hydrogen) atoms. The lowest BCUT2D eigenvalue weighted by Crippen LogP contribution is -2.22. The third kappa shape index (κ3) is 5.03. The Bertz CT molecular complexity index is 761. The Hall–Kier alpha value is -2.91. The van der Waals surface area contributed by atoms with Gasteiger partial charge in [0.15, 0.2) is 0 Å². The third-order valence-corrected chi connectivity index (χ3v) is 3.27. The number of carbonyl (C=O) groups is 1. The first-order valence-electron chi connectivity index (χ1n) is 7.20. The molecule has 0 saturated heterocycles. The van der Waals surface area contributed by atoms with Crippen molar-refractivity contribution in [1.82, 2.24) is 4.98 Å². The summed E-state index contributed by atoms with van der Waals surface area (Å²) in [6, 6.07) is 6.80. The van der Waals surface area contributed by atoms with Crippen LogP contribution in [0.4, 0.5) is 24.5 Å². The van der Waals surface area contributed by atoms with Gasteiger partial charge in [-0.2, -0.15) is 13.2 Å². The molecule has 0 aliphatic heterocycles. The monoisotopic (exact) mass is 359 g/mol. The van der Waals surface area contributed by atoms with Crippen LogP contribution in [0.2, 0.25) is 0 Å². The zero-order valence-corrected chi connectivity index (χ0v) is 13.4. The van der Waals surface area contributed by atoms with E-state index in [1.165, 1.54) is 0 Å². The number of aromatic nitrogens is 1. The lowest BCUT2D eigenvalue weighted by atomic mass is 10.1. The molecule has 0 saturated carbocycles. The molecule has 0 atom stereocenters. The first-order valence-corrected chi connectivity index (χ1v) is 7.20. The molecule has 0 radical (unpaired) electrons. The second kappa shape index (κ2) is 8.27. The maximum Gasteiger partial charge on any atom is 0.490 e. The second-order valence-electron chi connectivity index (χ2n) is 4.74. The molecule has 1 aromatic carbocycles. The minimum absolute atomic E-state index is 0.106. The molecule has 0 unspecified atom stereocenters.